The normalized spacial score (nSPS) is 20.7. The van der Waals surface area contributed by atoms with Crippen LogP contribution in [-0.2, 0) is 29.2 Å². The Kier molecular flexibility index (Phi) is 12.9. The second kappa shape index (κ2) is 19.2. The number of para-hydroxylation sites is 1. The van der Waals surface area contributed by atoms with Gasteiger partial charge in [0, 0.05) is 89.0 Å². The third-order valence-corrected chi connectivity index (χ3v) is 13.4. The quantitative estimate of drug-likeness (QED) is 0.207. The number of amides is 6. The van der Waals surface area contributed by atoms with Crippen LogP contribution in [0.3, 0.4) is 0 Å². The van der Waals surface area contributed by atoms with Gasteiger partial charge in [-0.1, -0.05) is 36.8 Å². The number of urea groups is 1. The molecule has 1 unspecified atom stereocenters. The van der Waals surface area contributed by atoms with Gasteiger partial charge in [-0.05, 0) is 105 Å². The van der Waals surface area contributed by atoms with Gasteiger partial charge in [0.25, 0.3) is 11.8 Å². The SMILES string of the molecule is NC(=O)c1c(-c2ccc(Oc3ccccc3)cc2)nn2c1NCCC2.O=C1CCC(N2Cc3cc(CN4CCN(C(=O)N5CCC(N6CCCCC6)CC5)CC4)ccc3C2=O)C(=O)N1. The van der Waals surface area contributed by atoms with Crippen LogP contribution in [0, 0.1) is 0 Å². The predicted octanol–water partition coefficient (Wildman–Crippen LogP) is 4.89. The monoisotopic (exact) mass is 870 g/mol. The number of nitrogens with one attached hydrogen (secondary N) is 2. The highest BCUT2D eigenvalue weighted by Crippen LogP contribution is 2.33. The number of ether oxygens (including phenoxy) is 1. The van der Waals surface area contributed by atoms with Gasteiger partial charge in [-0.2, -0.15) is 5.10 Å². The molecule has 0 saturated carbocycles. The van der Waals surface area contributed by atoms with Crippen molar-refractivity contribution in [2.75, 3.05) is 64.2 Å². The van der Waals surface area contributed by atoms with Crippen LogP contribution >= 0.6 is 0 Å². The van der Waals surface area contributed by atoms with Crippen LogP contribution < -0.4 is 21.1 Å². The van der Waals surface area contributed by atoms with Gasteiger partial charge >= 0.3 is 6.03 Å². The van der Waals surface area contributed by atoms with E-state index in [0.717, 1.165) is 106 Å². The Morgan fingerprint density at radius 2 is 1.48 bits per heavy atom. The number of aryl methyl sites for hydroxylation is 1. The molecule has 0 radical (unpaired) electrons. The molecule has 336 valence electrons. The van der Waals surface area contributed by atoms with Gasteiger partial charge in [-0.15, -0.1) is 0 Å². The standard InChI is InChI=1S/C29H40N6O4.C19H18N4O2/c36-26-7-6-25(27(37)30-26)35-20-22-18-21(4-5-24(22)28(35)38)19-31-14-16-34(17-15-31)29(39)33-12-8-23(9-13-33)32-10-2-1-3-11-32;20-18(24)16-17(22-23-12-4-11-21-19(16)23)13-7-9-15(10-8-13)25-14-5-2-1-3-6-14/h4-5,18,23,25H,1-3,6-17,19-20H2,(H,30,36,37);1-3,5-10,21H,4,11-12H2,(H2,20,24). The van der Waals surface area contributed by atoms with Crippen molar-refractivity contribution in [3.05, 3.63) is 95.1 Å². The molecule has 16 heteroatoms. The largest absolute Gasteiger partial charge is 0.457 e. The summed E-state index contributed by atoms with van der Waals surface area (Å²) in [6, 6.07) is 23.3. The van der Waals surface area contributed by atoms with E-state index in [9.17, 15) is 24.0 Å². The van der Waals surface area contributed by atoms with E-state index in [1.165, 1.54) is 32.4 Å². The summed E-state index contributed by atoms with van der Waals surface area (Å²) < 4.78 is 7.61. The molecule has 0 bridgehead atoms. The number of hydrogen-bond acceptors (Lipinski definition) is 10. The molecule has 6 amide bonds. The first kappa shape index (κ1) is 43.0. The Morgan fingerprint density at radius 1 is 0.766 bits per heavy atom. The van der Waals surface area contributed by atoms with Gasteiger partial charge in [0.2, 0.25) is 11.8 Å². The molecule has 16 nitrogen and oxygen atoms in total. The maximum atomic E-state index is 13.2. The summed E-state index contributed by atoms with van der Waals surface area (Å²) in [4.78, 5) is 72.6. The third kappa shape index (κ3) is 9.48. The number of anilines is 1. The van der Waals surface area contributed by atoms with E-state index < -0.39 is 11.9 Å². The molecule has 7 heterocycles. The third-order valence-electron chi connectivity index (χ3n) is 13.4. The van der Waals surface area contributed by atoms with Crippen LogP contribution in [0.4, 0.5) is 10.6 Å². The Morgan fingerprint density at radius 3 is 2.20 bits per heavy atom. The highest BCUT2D eigenvalue weighted by atomic mass is 16.5. The molecule has 0 spiro atoms. The van der Waals surface area contributed by atoms with Gasteiger partial charge in [0.15, 0.2) is 0 Å². The number of nitrogens with zero attached hydrogens (tertiary/aromatic N) is 7. The first-order valence-corrected chi connectivity index (χ1v) is 22.9. The van der Waals surface area contributed by atoms with Gasteiger partial charge in [0.1, 0.15) is 34.6 Å². The minimum atomic E-state index is -0.591. The fourth-order valence-corrected chi connectivity index (χ4v) is 9.97. The Bertz CT molecular complexity index is 2350. The second-order valence-corrected chi connectivity index (χ2v) is 17.6. The first-order chi connectivity index (χ1) is 31.2. The van der Waals surface area contributed by atoms with Crippen molar-refractivity contribution in [2.45, 2.75) is 83.1 Å². The number of carbonyl (C=O) groups excluding carboxylic acids is 5. The molecule has 3 aromatic carbocycles. The van der Waals surface area contributed by atoms with Gasteiger partial charge in [-0.3, -0.25) is 29.4 Å². The van der Waals surface area contributed by atoms with Crippen molar-refractivity contribution in [1.29, 1.82) is 0 Å². The molecular formula is C48H58N10O6. The number of carbonyl (C=O) groups is 5. The lowest BCUT2D eigenvalue weighted by Gasteiger charge is -2.42. The predicted molar refractivity (Wildman–Crippen MR) is 241 cm³/mol. The number of hydrogen-bond donors (Lipinski definition) is 3. The Balaban J connectivity index is 0.000000178. The topological polar surface area (TPSA) is 179 Å². The maximum Gasteiger partial charge on any atom is 0.320 e. The molecule has 0 aliphatic carbocycles. The van der Waals surface area contributed by atoms with Crippen molar-refractivity contribution in [3.63, 3.8) is 0 Å². The number of piperazine rings is 1. The summed E-state index contributed by atoms with van der Waals surface area (Å²) in [5.74, 6) is 0.924. The summed E-state index contributed by atoms with van der Waals surface area (Å²) in [6.45, 7) is 10.0. The molecule has 64 heavy (non-hydrogen) atoms. The lowest BCUT2D eigenvalue weighted by atomic mass is 10.00. The lowest BCUT2D eigenvalue weighted by Crippen LogP contribution is -2.55. The van der Waals surface area contributed by atoms with Gasteiger partial charge in [0.05, 0.1) is 0 Å². The van der Waals surface area contributed by atoms with E-state index in [4.69, 9.17) is 10.5 Å². The van der Waals surface area contributed by atoms with Gasteiger partial charge in [-0.25, -0.2) is 9.48 Å². The summed E-state index contributed by atoms with van der Waals surface area (Å²) in [5, 5.41) is 10.1. The summed E-state index contributed by atoms with van der Waals surface area (Å²) in [7, 11) is 0. The van der Waals surface area contributed by atoms with E-state index in [0.29, 0.717) is 41.6 Å². The smallest absolute Gasteiger partial charge is 0.320 e. The molecule has 10 rings (SSSR count). The van der Waals surface area contributed by atoms with E-state index in [-0.39, 0.29) is 30.2 Å². The fourth-order valence-electron chi connectivity index (χ4n) is 9.97. The van der Waals surface area contributed by atoms with Crippen LogP contribution in [0.5, 0.6) is 11.5 Å². The highest BCUT2D eigenvalue weighted by molar-refractivity contribution is 6.05. The van der Waals surface area contributed by atoms with Crippen LogP contribution in [0.2, 0.25) is 0 Å². The highest BCUT2D eigenvalue weighted by Gasteiger charge is 2.39. The van der Waals surface area contributed by atoms with Crippen molar-refractivity contribution in [3.8, 4) is 22.8 Å². The van der Waals surface area contributed by atoms with Crippen molar-refractivity contribution >= 4 is 35.5 Å². The Hall–Kier alpha value is -6.26. The van der Waals surface area contributed by atoms with Crippen LogP contribution in [-0.4, -0.2) is 135 Å². The zero-order valence-electron chi connectivity index (χ0n) is 36.4. The summed E-state index contributed by atoms with van der Waals surface area (Å²) in [6.07, 6.45) is 7.76. The minimum absolute atomic E-state index is 0.141. The number of benzene rings is 3. The van der Waals surface area contributed by atoms with E-state index >= 15 is 0 Å². The number of nitrogens with two attached hydrogens (primary N) is 1. The van der Waals surface area contributed by atoms with E-state index in [1.54, 1.807) is 4.90 Å². The number of rotatable bonds is 8. The number of likely N-dealkylation sites (tertiary alicyclic amines) is 2. The number of aromatic nitrogens is 2. The molecule has 4 saturated heterocycles. The van der Waals surface area contributed by atoms with Crippen LogP contribution in [0.1, 0.15) is 83.2 Å². The lowest BCUT2D eigenvalue weighted by molar-refractivity contribution is -0.136. The molecule has 1 atom stereocenters. The Labute approximate surface area is 373 Å². The molecular weight excluding hydrogens is 813 g/mol. The van der Waals surface area contributed by atoms with Crippen LogP contribution in [0.15, 0.2) is 72.8 Å². The average molecular weight is 871 g/mol. The maximum absolute atomic E-state index is 13.2. The molecule has 4 aromatic rings. The molecule has 4 N–H and O–H groups in total. The summed E-state index contributed by atoms with van der Waals surface area (Å²) >= 11 is 0. The zero-order chi connectivity index (χ0) is 44.2. The second-order valence-electron chi connectivity index (χ2n) is 17.6. The molecule has 4 fully saturated rings. The van der Waals surface area contributed by atoms with Crippen molar-refractivity contribution in [2.24, 2.45) is 5.73 Å². The molecule has 6 aliphatic rings. The number of piperidine rings is 3. The summed E-state index contributed by atoms with van der Waals surface area (Å²) in [5.41, 5.74) is 10.2. The number of primary amides is 1. The van der Waals surface area contributed by atoms with Gasteiger partial charge < -0.3 is 35.4 Å². The van der Waals surface area contributed by atoms with Crippen molar-refractivity contribution < 1.29 is 28.7 Å². The molecule has 1 aromatic heterocycles. The van der Waals surface area contributed by atoms with Crippen LogP contribution in [0.25, 0.3) is 11.3 Å². The molecule has 6 aliphatic heterocycles. The first-order valence-electron chi connectivity index (χ1n) is 22.9. The number of fused-ring (bicyclic) bond motifs is 2. The van der Waals surface area contributed by atoms with E-state index in [1.807, 2.05) is 76.3 Å². The zero-order valence-corrected chi connectivity index (χ0v) is 36.4. The average Bonchev–Trinajstić information content (AvgIpc) is 3.88. The number of imide groups is 1. The fraction of sp³-hybridized carbons (Fsp3) is 0.458. The van der Waals surface area contributed by atoms with E-state index in [2.05, 4.69) is 36.5 Å². The minimum Gasteiger partial charge on any atom is -0.457 e. The van der Waals surface area contributed by atoms with Crippen molar-refractivity contribution in [1.82, 2.24) is 39.6 Å².